The number of hydrogen-bond donors (Lipinski definition) is 0. The van der Waals surface area contributed by atoms with Crippen molar-refractivity contribution in [2.75, 3.05) is 4.90 Å². The van der Waals surface area contributed by atoms with Crippen molar-refractivity contribution in [3.05, 3.63) is 145 Å². The average molecular weight is 465 g/mol. The number of anilines is 3. The van der Waals surface area contributed by atoms with Crippen LogP contribution in [0.3, 0.4) is 0 Å². The van der Waals surface area contributed by atoms with Gasteiger partial charge >= 0.3 is 0 Å². The first-order valence-electron chi connectivity index (χ1n) is 11.0. The van der Waals surface area contributed by atoms with Crippen LogP contribution < -0.4 is 20.8 Å². The second kappa shape index (κ2) is 9.99. The van der Waals surface area contributed by atoms with Crippen LogP contribution in [0.2, 0.25) is 0 Å². The van der Waals surface area contributed by atoms with Gasteiger partial charge in [0.05, 0.1) is 0 Å². The summed E-state index contributed by atoms with van der Waals surface area (Å²) in [6.07, 6.45) is 0. The van der Waals surface area contributed by atoms with Gasteiger partial charge in [-0.15, -0.1) is 0 Å². The third-order valence-electron chi connectivity index (χ3n) is 5.54. The predicted octanol–water partition coefficient (Wildman–Crippen LogP) is 7.19. The summed E-state index contributed by atoms with van der Waals surface area (Å²) in [4.78, 5) is 2.02. The van der Waals surface area contributed by atoms with Crippen molar-refractivity contribution >= 4 is 40.9 Å². The minimum atomic E-state index is -0.782. The zero-order valence-electron chi connectivity index (χ0n) is 18.4. The van der Waals surface area contributed by atoms with Crippen LogP contribution in [-0.2, 0) is 0 Å². The highest BCUT2D eigenvalue weighted by Gasteiger charge is 2.19. The molecule has 0 aliphatic rings. The molecule has 0 saturated carbocycles. The van der Waals surface area contributed by atoms with Crippen molar-refractivity contribution in [2.45, 2.75) is 0 Å². The van der Waals surface area contributed by atoms with E-state index in [1.165, 1.54) is 40.2 Å². The van der Waals surface area contributed by atoms with Crippen LogP contribution in [0.15, 0.2) is 133 Å². The van der Waals surface area contributed by atoms with E-state index in [2.05, 4.69) is 60.7 Å². The van der Waals surface area contributed by atoms with Crippen LogP contribution in [0.4, 0.5) is 25.8 Å². The number of benzene rings is 5. The Morgan fingerprint density at radius 1 is 0.412 bits per heavy atom. The fraction of sp³-hybridized carbons (Fsp3) is 0. The van der Waals surface area contributed by atoms with E-state index in [0.717, 1.165) is 17.1 Å². The van der Waals surface area contributed by atoms with Crippen LogP contribution in [0, 0.1) is 11.6 Å². The highest BCUT2D eigenvalue weighted by Crippen LogP contribution is 2.38. The van der Waals surface area contributed by atoms with Gasteiger partial charge in [-0.05, 0) is 84.5 Å². The SMILES string of the molecule is Fc1ccc(N(c2ccc(F)cc2)c2cccc(P(c3ccccc3)c3ccccc3)c2)cc1. The highest BCUT2D eigenvalue weighted by molar-refractivity contribution is 7.79. The standard InChI is InChI=1S/C30H22F2NP/c31-23-14-18-25(19-15-23)33(26-20-16-24(32)17-21-26)27-8-7-13-30(22-27)34(28-9-3-1-4-10-28)29-11-5-2-6-12-29/h1-22H. The predicted molar refractivity (Wildman–Crippen MR) is 140 cm³/mol. The van der Waals surface area contributed by atoms with E-state index in [9.17, 15) is 8.78 Å². The summed E-state index contributed by atoms with van der Waals surface area (Å²) in [5, 5.41) is 3.71. The molecular formula is C30H22F2NP. The Balaban J connectivity index is 1.65. The molecule has 0 aromatic heterocycles. The largest absolute Gasteiger partial charge is 0.310 e. The maximum atomic E-state index is 13.7. The maximum Gasteiger partial charge on any atom is 0.123 e. The summed E-state index contributed by atoms with van der Waals surface area (Å²) < 4.78 is 27.4. The van der Waals surface area contributed by atoms with Crippen LogP contribution >= 0.6 is 7.92 Å². The fourth-order valence-electron chi connectivity index (χ4n) is 4.00. The van der Waals surface area contributed by atoms with Crippen LogP contribution in [0.25, 0.3) is 0 Å². The summed E-state index contributed by atoms with van der Waals surface area (Å²) in [5.41, 5.74) is 2.53. The summed E-state index contributed by atoms with van der Waals surface area (Å²) in [7, 11) is -0.782. The maximum absolute atomic E-state index is 13.7. The molecule has 0 amide bonds. The minimum absolute atomic E-state index is 0.298. The summed E-state index contributed by atoms with van der Waals surface area (Å²) in [6.45, 7) is 0. The van der Waals surface area contributed by atoms with Gasteiger partial charge in [-0.2, -0.15) is 0 Å². The molecule has 0 atom stereocenters. The number of nitrogens with zero attached hydrogens (tertiary/aromatic N) is 1. The lowest BCUT2D eigenvalue weighted by Gasteiger charge is -2.27. The highest BCUT2D eigenvalue weighted by atomic mass is 31.1. The van der Waals surface area contributed by atoms with Gasteiger partial charge in [0.15, 0.2) is 0 Å². The molecule has 34 heavy (non-hydrogen) atoms. The molecule has 0 fully saturated rings. The molecule has 0 aliphatic carbocycles. The Kier molecular flexibility index (Phi) is 6.46. The van der Waals surface area contributed by atoms with E-state index in [1.807, 2.05) is 29.2 Å². The summed E-state index contributed by atoms with van der Waals surface area (Å²) in [5.74, 6) is -0.596. The van der Waals surface area contributed by atoms with Crippen molar-refractivity contribution in [1.29, 1.82) is 0 Å². The van der Waals surface area contributed by atoms with Gasteiger partial charge in [0.1, 0.15) is 11.6 Å². The molecule has 0 heterocycles. The topological polar surface area (TPSA) is 3.24 Å². The van der Waals surface area contributed by atoms with Crippen molar-refractivity contribution in [3.63, 3.8) is 0 Å². The quantitative estimate of drug-likeness (QED) is 0.240. The molecular weight excluding hydrogens is 443 g/mol. The van der Waals surface area contributed by atoms with Crippen molar-refractivity contribution in [2.24, 2.45) is 0 Å². The number of hydrogen-bond acceptors (Lipinski definition) is 1. The van der Waals surface area contributed by atoms with Crippen LogP contribution in [-0.4, -0.2) is 0 Å². The first-order valence-corrected chi connectivity index (χ1v) is 12.3. The molecule has 5 aromatic rings. The lowest BCUT2D eigenvalue weighted by molar-refractivity contribution is 0.628. The van der Waals surface area contributed by atoms with Gasteiger partial charge in [-0.3, -0.25) is 0 Å². The van der Waals surface area contributed by atoms with E-state index in [1.54, 1.807) is 24.3 Å². The van der Waals surface area contributed by atoms with E-state index >= 15 is 0 Å². The molecule has 1 nitrogen and oxygen atoms in total. The van der Waals surface area contributed by atoms with Gasteiger partial charge in [-0.25, -0.2) is 8.78 Å². The summed E-state index contributed by atoms with van der Waals surface area (Å²) in [6, 6.07) is 42.1. The molecule has 0 unspecified atom stereocenters. The molecule has 4 heteroatoms. The van der Waals surface area contributed by atoms with Crippen LogP contribution in [0.5, 0.6) is 0 Å². The molecule has 0 bridgehead atoms. The Morgan fingerprint density at radius 2 is 0.853 bits per heavy atom. The smallest absolute Gasteiger partial charge is 0.123 e. The normalized spacial score (nSPS) is 10.9. The zero-order valence-corrected chi connectivity index (χ0v) is 19.2. The lowest BCUT2D eigenvalue weighted by Crippen LogP contribution is -2.21. The molecule has 0 radical (unpaired) electrons. The molecule has 0 saturated heterocycles. The minimum Gasteiger partial charge on any atom is -0.310 e. The monoisotopic (exact) mass is 465 g/mol. The Hall–Kier alpha value is -3.81. The van der Waals surface area contributed by atoms with Crippen molar-refractivity contribution in [3.8, 4) is 0 Å². The van der Waals surface area contributed by atoms with Gasteiger partial charge in [0, 0.05) is 17.1 Å². The molecule has 0 N–H and O–H groups in total. The first-order chi connectivity index (χ1) is 16.7. The van der Waals surface area contributed by atoms with Gasteiger partial charge in [0.2, 0.25) is 0 Å². The molecule has 5 aromatic carbocycles. The molecule has 0 spiro atoms. The average Bonchev–Trinajstić information content (AvgIpc) is 2.88. The van der Waals surface area contributed by atoms with E-state index in [0.29, 0.717) is 0 Å². The van der Waals surface area contributed by atoms with Crippen molar-refractivity contribution in [1.82, 2.24) is 0 Å². The third-order valence-corrected chi connectivity index (χ3v) is 7.97. The Morgan fingerprint density at radius 3 is 1.32 bits per heavy atom. The van der Waals surface area contributed by atoms with E-state index < -0.39 is 7.92 Å². The fourth-order valence-corrected chi connectivity index (χ4v) is 6.33. The van der Waals surface area contributed by atoms with Crippen LogP contribution in [0.1, 0.15) is 0 Å². The molecule has 5 rings (SSSR count). The van der Waals surface area contributed by atoms with Gasteiger partial charge < -0.3 is 4.90 Å². The second-order valence-corrected chi connectivity index (χ2v) is 10.0. The molecule has 0 aliphatic heterocycles. The zero-order chi connectivity index (χ0) is 23.3. The lowest BCUT2D eigenvalue weighted by atomic mass is 10.2. The molecule has 166 valence electrons. The summed E-state index contributed by atoms with van der Waals surface area (Å²) >= 11 is 0. The third kappa shape index (κ3) is 4.76. The second-order valence-electron chi connectivity index (χ2n) is 7.81. The van der Waals surface area contributed by atoms with E-state index in [-0.39, 0.29) is 11.6 Å². The Labute approximate surface area is 199 Å². The number of rotatable bonds is 6. The van der Waals surface area contributed by atoms with Gasteiger partial charge in [0.25, 0.3) is 0 Å². The van der Waals surface area contributed by atoms with Gasteiger partial charge in [-0.1, -0.05) is 72.8 Å². The Bertz CT molecular complexity index is 1270. The van der Waals surface area contributed by atoms with Crippen molar-refractivity contribution < 1.29 is 8.78 Å². The number of halogens is 2. The van der Waals surface area contributed by atoms with E-state index in [4.69, 9.17) is 0 Å². The first kappa shape index (κ1) is 22.0.